The van der Waals surface area contributed by atoms with Crippen LogP contribution < -0.4 is 5.73 Å². The molecule has 2 rings (SSSR count). The van der Waals surface area contributed by atoms with Crippen LogP contribution in [0.5, 0.6) is 0 Å². The zero-order valence-corrected chi connectivity index (χ0v) is 10.5. The van der Waals surface area contributed by atoms with Crippen molar-refractivity contribution >= 4 is 12.4 Å². The van der Waals surface area contributed by atoms with Crippen LogP contribution in [0.3, 0.4) is 0 Å². The van der Waals surface area contributed by atoms with Crippen LogP contribution in [0.15, 0.2) is 36.7 Å². The van der Waals surface area contributed by atoms with E-state index in [1.807, 2.05) is 0 Å². The van der Waals surface area contributed by atoms with Gasteiger partial charge in [-0.3, -0.25) is 9.97 Å². The number of rotatable bonds is 2. The van der Waals surface area contributed by atoms with Crippen molar-refractivity contribution in [1.29, 1.82) is 0 Å². The minimum Gasteiger partial charge on any atom is -0.325 e. The first-order chi connectivity index (χ1) is 8.50. The Balaban J connectivity index is 0.00000180. The van der Waals surface area contributed by atoms with Crippen LogP contribution >= 0.6 is 12.4 Å². The average molecular weight is 290 g/mol. The van der Waals surface area contributed by atoms with E-state index in [1.165, 1.54) is 6.07 Å². The van der Waals surface area contributed by atoms with Gasteiger partial charge in [0.15, 0.2) is 0 Å². The van der Waals surface area contributed by atoms with E-state index in [4.69, 9.17) is 5.73 Å². The molecule has 0 fully saturated rings. The molecule has 102 valence electrons. The molecule has 0 unspecified atom stereocenters. The van der Waals surface area contributed by atoms with E-state index < -0.39 is 11.7 Å². The molecule has 0 atom stereocenters. The number of alkyl halides is 3. The Morgan fingerprint density at radius 2 is 1.84 bits per heavy atom. The molecule has 0 aliphatic carbocycles. The maximum Gasteiger partial charge on any atom is 0.417 e. The molecule has 0 saturated carbocycles. The van der Waals surface area contributed by atoms with Gasteiger partial charge in [0.1, 0.15) is 0 Å². The SMILES string of the molecule is Cl.NCc1cc(-c2ccc(C(F)(F)F)cn2)ccn1. The Bertz CT molecular complexity index is 541. The Kier molecular flexibility index (Phi) is 4.85. The molecule has 0 bridgehead atoms. The molecule has 0 aromatic carbocycles. The van der Waals surface area contributed by atoms with Gasteiger partial charge in [-0.05, 0) is 24.3 Å². The van der Waals surface area contributed by atoms with Gasteiger partial charge >= 0.3 is 6.18 Å². The predicted octanol–water partition coefficient (Wildman–Crippen LogP) is 3.04. The third-order valence-electron chi connectivity index (χ3n) is 2.41. The molecule has 0 radical (unpaired) electrons. The van der Waals surface area contributed by atoms with Crippen LogP contribution in [0.25, 0.3) is 11.3 Å². The van der Waals surface area contributed by atoms with E-state index >= 15 is 0 Å². The number of nitrogens with zero attached hydrogens (tertiary/aromatic N) is 2. The maximum absolute atomic E-state index is 12.4. The molecule has 7 heteroatoms. The van der Waals surface area contributed by atoms with Crippen molar-refractivity contribution in [3.05, 3.63) is 47.9 Å². The summed E-state index contributed by atoms with van der Waals surface area (Å²) < 4.78 is 37.1. The summed E-state index contributed by atoms with van der Waals surface area (Å²) in [4.78, 5) is 7.81. The van der Waals surface area contributed by atoms with Gasteiger partial charge < -0.3 is 5.73 Å². The molecule has 2 aromatic heterocycles. The Morgan fingerprint density at radius 1 is 1.11 bits per heavy atom. The predicted molar refractivity (Wildman–Crippen MR) is 67.6 cm³/mol. The normalized spacial score (nSPS) is 10.9. The molecule has 2 N–H and O–H groups in total. The number of hydrogen-bond donors (Lipinski definition) is 1. The Hall–Kier alpha value is -1.66. The lowest BCUT2D eigenvalue weighted by Crippen LogP contribution is -2.05. The Morgan fingerprint density at radius 3 is 2.37 bits per heavy atom. The van der Waals surface area contributed by atoms with Gasteiger partial charge in [0.25, 0.3) is 0 Å². The molecule has 0 aliphatic rings. The summed E-state index contributed by atoms with van der Waals surface area (Å²) in [6, 6.07) is 5.72. The first-order valence-corrected chi connectivity index (χ1v) is 5.19. The summed E-state index contributed by atoms with van der Waals surface area (Å²) >= 11 is 0. The van der Waals surface area contributed by atoms with Crippen LogP contribution in [-0.4, -0.2) is 9.97 Å². The minimum atomic E-state index is -4.37. The number of pyridine rings is 2. The molecule has 0 aliphatic heterocycles. The van der Waals surface area contributed by atoms with Crippen molar-refractivity contribution in [2.75, 3.05) is 0 Å². The lowest BCUT2D eigenvalue weighted by atomic mass is 10.1. The van der Waals surface area contributed by atoms with Crippen molar-refractivity contribution in [3.8, 4) is 11.3 Å². The van der Waals surface area contributed by atoms with Gasteiger partial charge in [0, 0.05) is 24.5 Å². The van der Waals surface area contributed by atoms with Gasteiger partial charge in [-0.1, -0.05) is 0 Å². The summed E-state index contributed by atoms with van der Waals surface area (Å²) in [5.41, 5.74) is 6.50. The van der Waals surface area contributed by atoms with Crippen molar-refractivity contribution in [2.24, 2.45) is 5.73 Å². The lowest BCUT2D eigenvalue weighted by molar-refractivity contribution is -0.137. The molecule has 0 spiro atoms. The van der Waals surface area contributed by atoms with Crippen LogP contribution in [0.2, 0.25) is 0 Å². The number of halogens is 4. The Labute approximate surface area is 114 Å². The summed E-state index contributed by atoms with van der Waals surface area (Å²) in [5, 5.41) is 0. The van der Waals surface area contributed by atoms with Crippen LogP contribution in [0, 0.1) is 0 Å². The number of aromatic nitrogens is 2. The summed E-state index contributed by atoms with van der Waals surface area (Å²) in [6.07, 6.45) is -2.00. The van der Waals surface area contributed by atoms with Gasteiger partial charge in [-0.15, -0.1) is 12.4 Å². The minimum absolute atomic E-state index is 0. The van der Waals surface area contributed by atoms with Crippen molar-refractivity contribution in [1.82, 2.24) is 9.97 Å². The van der Waals surface area contributed by atoms with Gasteiger partial charge in [-0.2, -0.15) is 13.2 Å². The van der Waals surface area contributed by atoms with E-state index in [1.54, 1.807) is 18.3 Å². The van der Waals surface area contributed by atoms with E-state index in [-0.39, 0.29) is 19.0 Å². The van der Waals surface area contributed by atoms with Crippen molar-refractivity contribution in [3.63, 3.8) is 0 Å². The van der Waals surface area contributed by atoms with E-state index in [9.17, 15) is 13.2 Å². The highest BCUT2D eigenvalue weighted by atomic mass is 35.5. The number of nitrogens with two attached hydrogens (primary N) is 1. The highest BCUT2D eigenvalue weighted by Crippen LogP contribution is 2.29. The fourth-order valence-corrected chi connectivity index (χ4v) is 1.48. The fourth-order valence-electron chi connectivity index (χ4n) is 1.48. The quantitative estimate of drug-likeness (QED) is 0.924. The second-order valence-electron chi connectivity index (χ2n) is 3.67. The second-order valence-corrected chi connectivity index (χ2v) is 3.67. The third-order valence-corrected chi connectivity index (χ3v) is 2.41. The van der Waals surface area contributed by atoms with E-state index in [0.29, 0.717) is 17.0 Å². The second kappa shape index (κ2) is 5.99. The molecule has 19 heavy (non-hydrogen) atoms. The fraction of sp³-hybridized carbons (Fsp3) is 0.167. The van der Waals surface area contributed by atoms with Gasteiger partial charge in [0.2, 0.25) is 0 Å². The lowest BCUT2D eigenvalue weighted by Gasteiger charge is -2.07. The summed E-state index contributed by atoms with van der Waals surface area (Å²) in [7, 11) is 0. The highest BCUT2D eigenvalue weighted by Gasteiger charge is 2.30. The van der Waals surface area contributed by atoms with Crippen molar-refractivity contribution in [2.45, 2.75) is 12.7 Å². The molecule has 2 aromatic rings. The van der Waals surface area contributed by atoms with Crippen molar-refractivity contribution < 1.29 is 13.2 Å². The third kappa shape index (κ3) is 3.65. The van der Waals surface area contributed by atoms with E-state index in [0.717, 1.165) is 12.3 Å². The first-order valence-electron chi connectivity index (χ1n) is 5.19. The largest absolute Gasteiger partial charge is 0.417 e. The average Bonchev–Trinajstić information content (AvgIpc) is 2.38. The van der Waals surface area contributed by atoms with Gasteiger partial charge in [0.05, 0.1) is 17.0 Å². The van der Waals surface area contributed by atoms with Crippen LogP contribution in [0.1, 0.15) is 11.3 Å². The van der Waals surface area contributed by atoms with Crippen LogP contribution in [0.4, 0.5) is 13.2 Å². The monoisotopic (exact) mass is 289 g/mol. The molecule has 2 heterocycles. The molecule has 0 amide bonds. The highest BCUT2D eigenvalue weighted by molar-refractivity contribution is 5.85. The first kappa shape index (κ1) is 15.4. The molecular weight excluding hydrogens is 279 g/mol. The van der Waals surface area contributed by atoms with E-state index in [2.05, 4.69) is 9.97 Å². The molecule has 3 nitrogen and oxygen atoms in total. The molecule has 0 saturated heterocycles. The molecular formula is C12H11ClF3N3. The smallest absolute Gasteiger partial charge is 0.325 e. The van der Waals surface area contributed by atoms with Gasteiger partial charge in [-0.25, -0.2) is 0 Å². The number of hydrogen-bond acceptors (Lipinski definition) is 3. The standard InChI is InChI=1S/C12H10F3N3.ClH/c13-12(14,15)9-1-2-11(18-7-9)8-3-4-17-10(5-8)6-16;/h1-5,7H,6,16H2;1H. The zero-order chi connectivity index (χ0) is 13.2. The topological polar surface area (TPSA) is 51.8 Å². The van der Waals surface area contributed by atoms with Crippen LogP contribution in [-0.2, 0) is 12.7 Å². The maximum atomic E-state index is 12.4. The summed E-state index contributed by atoms with van der Waals surface area (Å²) in [5.74, 6) is 0. The zero-order valence-electron chi connectivity index (χ0n) is 9.69. The summed E-state index contributed by atoms with van der Waals surface area (Å²) in [6.45, 7) is 0.272.